The molecule has 0 aliphatic rings. The van der Waals surface area contributed by atoms with Gasteiger partial charge in [-0.25, -0.2) is 0 Å². The Morgan fingerprint density at radius 1 is 1.35 bits per heavy atom. The molecule has 1 nitrogen and oxygen atoms in total. The van der Waals surface area contributed by atoms with E-state index < -0.39 is 0 Å². The molecule has 0 saturated carbocycles. The van der Waals surface area contributed by atoms with E-state index in [2.05, 4.69) is 20.4 Å². The van der Waals surface area contributed by atoms with E-state index >= 15 is 0 Å². The molecule has 1 aromatic carbocycles. The summed E-state index contributed by atoms with van der Waals surface area (Å²) < 4.78 is 5.85. The first-order valence-electron chi connectivity index (χ1n) is 6.65. The predicted octanol–water partition coefficient (Wildman–Crippen LogP) is 4.92. The molecule has 94 valence electrons. The van der Waals surface area contributed by atoms with Gasteiger partial charge in [0.15, 0.2) is 0 Å². The van der Waals surface area contributed by atoms with Crippen LogP contribution in [0.3, 0.4) is 0 Å². The summed E-state index contributed by atoms with van der Waals surface area (Å²) in [5, 5.41) is 0. The lowest BCUT2D eigenvalue weighted by Crippen LogP contribution is -2.11. The van der Waals surface area contributed by atoms with Crippen LogP contribution < -0.4 is 4.74 Å². The van der Waals surface area contributed by atoms with Gasteiger partial charge in [-0.05, 0) is 30.0 Å². The molecule has 1 atom stereocenters. The van der Waals surface area contributed by atoms with E-state index in [4.69, 9.17) is 4.74 Å². The molecule has 0 aromatic heterocycles. The third-order valence-electron chi connectivity index (χ3n) is 3.12. The number of hydrogen-bond donors (Lipinski definition) is 0. The standard InChI is InChI=1S/C16H24O/c1-4-7-9-15(6-3)13-17-16-11-8-10-14(5-2)12-16/h5,8,10-12,15H,2,4,6-7,9,13H2,1,3H3. The Balaban J connectivity index is 2.44. The molecule has 0 N–H and O–H groups in total. The molecule has 17 heavy (non-hydrogen) atoms. The maximum Gasteiger partial charge on any atom is 0.119 e. The smallest absolute Gasteiger partial charge is 0.119 e. The molecule has 1 unspecified atom stereocenters. The van der Waals surface area contributed by atoms with E-state index in [0.29, 0.717) is 5.92 Å². The van der Waals surface area contributed by atoms with Crippen molar-refractivity contribution in [1.82, 2.24) is 0 Å². The van der Waals surface area contributed by atoms with Crippen LogP contribution in [-0.2, 0) is 0 Å². The zero-order valence-corrected chi connectivity index (χ0v) is 11.1. The third-order valence-corrected chi connectivity index (χ3v) is 3.12. The van der Waals surface area contributed by atoms with E-state index in [-0.39, 0.29) is 0 Å². The van der Waals surface area contributed by atoms with Crippen LogP contribution in [0.5, 0.6) is 5.75 Å². The van der Waals surface area contributed by atoms with Crippen LogP contribution in [0.25, 0.3) is 6.08 Å². The lowest BCUT2D eigenvalue weighted by molar-refractivity contribution is 0.233. The Labute approximate surface area is 106 Å². The van der Waals surface area contributed by atoms with Crippen LogP contribution in [-0.4, -0.2) is 6.61 Å². The van der Waals surface area contributed by atoms with Crippen molar-refractivity contribution in [3.8, 4) is 5.75 Å². The number of rotatable bonds is 8. The van der Waals surface area contributed by atoms with Crippen LogP contribution >= 0.6 is 0 Å². The SMILES string of the molecule is C=Cc1cccc(OCC(CC)CCCC)c1. The van der Waals surface area contributed by atoms with E-state index in [9.17, 15) is 0 Å². The highest BCUT2D eigenvalue weighted by molar-refractivity contribution is 5.49. The average molecular weight is 232 g/mol. The van der Waals surface area contributed by atoms with Crippen molar-refractivity contribution in [3.63, 3.8) is 0 Å². The van der Waals surface area contributed by atoms with Gasteiger partial charge in [0.2, 0.25) is 0 Å². The van der Waals surface area contributed by atoms with Crippen LogP contribution in [0.15, 0.2) is 30.8 Å². The zero-order chi connectivity index (χ0) is 12.5. The second-order valence-electron chi connectivity index (χ2n) is 4.50. The lowest BCUT2D eigenvalue weighted by Gasteiger charge is -2.15. The van der Waals surface area contributed by atoms with Gasteiger partial charge < -0.3 is 4.74 Å². The fourth-order valence-corrected chi connectivity index (χ4v) is 1.84. The van der Waals surface area contributed by atoms with Crippen molar-refractivity contribution in [2.45, 2.75) is 39.5 Å². The second-order valence-corrected chi connectivity index (χ2v) is 4.50. The van der Waals surface area contributed by atoms with E-state index in [1.165, 1.54) is 25.7 Å². The number of benzene rings is 1. The summed E-state index contributed by atoms with van der Waals surface area (Å²) in [6, 6.07) is 8.10. The molecule has 0 spiro atoms. The number of ether oxygens (including phenoxy) is 1. The monoisotopic (exact) mass is 232 g/mol. The van der Waals surface area contributed by atoms with Crippen molar-refractivity contribution in [2.24, 2.45) is 5.92 Å². The molecular weight excluding hydrogens is 208 g/mol. The van der Waals surface area contributed by atoms with Gasteiger partial charge in [-0.2, -0.15) is 0 Å². The molecule has 1 aromatic rings. The summed E-state index contributed by atoms with van der Waals surface area (Å²) in [5.41, 5.74) is 1.11. The van der Waals surface area contributed by atoms with Crippen LogP contribution in [0, 0.1) is 5.92 Å². The first kappa shape index (κ1) is 13.8. The maximum atomic E-state index is 5.85. The van der Waals surface area contributed by atoms with Gasteiger partial charge in [0, 0.05) is 0 Å². The summed E-state index contributed by atoms with van der Waals surface area (Å²) in [6.45, 7) is 9.08. The third kappa shape index (κ3) is 5.08. The fourth-order valence-electron chi connectivity index (χ4n) is 1.84. The van der Waals surface area contributed by atoms with Crippen molar-refractivity contribution < 1.29 is 4.74 Å². The first-order chi connectivity index (χ1) is 8.30. The fraction of sp³-hybridized carbons (Fsp3) is 0.500. The topological polar surface area (TPSA) is 9.23 Å². The maximum absolute atomic E-state index is 5.85. The van der Waals surface area contributed by atoms with E-state index in [1.807, 2.05) is 30.3 Å². The summed E-state index contributed by atoms with van der Waals surface area (Å²) in [5.74, 6) is 1.64. The molecule has 0 amide bonds. The van der Waals surface area contributed by atoms with Gasteiger partial charge in [-0.3, -0.25) is 0 Å². The summed E-state index contributed by atoms with van der Waals surface area (Å²) in [4.78, 5) is 0. The lowest BCUT2D eigenvalue weighted by atomic mass is 10.0. The van der Waals surface area contributed by atoms with Gasteiger partial charge in [0.25, 0.3) is 0 Å². The Morgan fingerprint density at radius 3 is 2.82 bits per heavy atom. The molecule has 1 rings (SSSR count). The van der Waals surface area contributed by atoms with E-state index in [0.717, 1.165) is 17.9 Å². The second kappa shape index (κ2) is 7.94. The van der Waals surface area contributed by atoms with Crippen molar-refractivity contribution in [1.29, 1.82) is 0 Å². The largest absolute Gasteiger partial charge is 0.493 e. The van der Waals surface area contributed by atoms with Crippen LogP contribution in [0.1, 0.15) is 45.1 Å². The molecule has 0 saturated heterocycles. The quantitative estimate of drug-likeness (QED) is 0.618. The van der Waals surface area contributed by atoms with Gasteiger partial charge in [-0.15, -0.1) is 0 Å². The minimum absolute atomic E-state index is 0.683. The first-order valence-corrected chi connectivity index (χ1v) is 6.65. The van der Waals surface area contributed by atoms with Crippen molar-refractivity contribution in [2.75, 3.05) is 6.61 Å². The molecule has 0 heterocycles. The Bertz CT molecular complexity index is 330. The minimum atomic E-state index is 0.683. The van der Waals surface area contributed by atoms with Crippen LogP contribution in [0.2, 0.25) is 0 Å². The molecule has 0 fully saturated rings. The Morgan fingerprint density at radius 2 is 2.18 bits per heavy atom. The van der Waals surface area contributed by atoms with Gasteiger partial charge in [-0.1, -0.05) is 57.9 Å². The zero-order valence-electron chi connectivity index (χ0n) is 11.1. The van der Waals surface area contributed by atoms with Gasteiger partial charge in [0.1, 0.15) is 5.75 Å². The molecule has 1 heteroatoms. The van der Waals surface area contributed by atoms with E-state index in [1.54, 1.807) is 0 Å². The Hall–Kier alpha value is -1.24. The highest BCUT2D eigenvalue weighted by Crippen LogP contribution is 2.18. The minimum Gasteiger partial charge on any atom is -0.493 e. The summed E-state index contributed by atoms with van der Waals surface area (Å²) >= 11 is 0. The van der Waals surface area contributed by atoms with Crippen molar-refractivity contribution in [3.05, 3.63) is 36.4 Å². The average Bonchev–Trinajstić information content (AvgIpc) is 2.39. The van der Waals surface area contributed by atoms with Gasteiger partial charge >= 0.3 is 0 Å². The molecular formula is C16H24O. The highest BCUT2D eigenvalue weighted by atomic mass is 16.5. The summed E-state index contributed by atoms with van der Waals surface area (Å²) in [6.07, 6.45) is 6.88. The van der Waals surface area contributed by atoms with Crippen molar-refractivity contribution >= 4 is 6.08 Å². The molecule has 0 bridgehead atoms. The normalized spacial score (nSPS) is 12.1. The Kier molecular flexibility index (Phi) is 6.46. The number of unbranched alkanes of at least 4 members (excludes halogenated alkanes) is 1. The summed E-state index contributed by atoms with van der Waals surface area (Å²) in [7, 11) is 0. The van der Waals surface area contributed by atoms with Gasteiger partial charge in [0.05, 0.1) is 6.61 Å². The highest BCUT2D eigenvalue weighted by Gasteiger charge is 2.06. The number of hydrogen-bond acceptors (Lipinski definition) is 1. The molecule has 0 radical (unpaired) electrons. The predicted molar refractivity (Wildman–Crippen MR) is 75.3 cm³/mol. The van der Waals surface area contributed by atoms with Crippen LogP contribution in [0.4, 0.5) is 0 Å². The molecule has 0 aliphatic heterocycles. The molecule has 0 aliphatic carbocycles.